The van der Waals surface area contributed by atoms with Crippen LogP contribution in [0.4, 0.5) is 5.69 Å². The van der Waals surface area contributed by atoms with Crippen molar-refractivity contribution in [2.24, 2.45) is 0 Å². The lowest BCUT2D eigenvalue weighted by atomic mass is 10.2. The summed E-state index contributed by atoms with van der Waals surface area (Å²) >= 11 is 1.26. The van der Waals surface area contributed by atoms with Crippen LogP contribution in [0.15, 0.2) is 52.2 Å². The quantitative estimate of drug-likeness (QED) is 0.539. The number of aryl methyl sites for hydroxylation is 1. The maximum Gasteiger partial charge on any atom is 0.237 e. The van der Waals surface area contributed by atoms with Crippen molar-refractivity contribution < 1.29 is 9.21 Å². The van der Waals surface area contributed by atoms with Gasteiger partial charge < -0.3 is 15.2 Å². The minimum atomic E-state index is -0.0114. The number of benzene rings is 1. The number of amides is 1. The van der Waals surface area contributed by atoms with Crippen molar-refractivity contribution in [3.63, 3.8) is 0 Å². The van der Waals surface area contributed by atoms with E-state index in [4.69, 9.17) is 10.3 Å². The highest BCUT2D eigenvalue weighted by molar-refractivity contribution is 7.99. The maximum absolute atomic E-state index is 12.5. The zero-order chi connectivity index (χ0) is 17.8. The van der Waals surface area contributed by atoms with Gasteiger partial charge >= 0.3 is 0 Å². The summed E-state index contributed by atoms with van der Waals surface area (Å²) in [7, 11) is 0. The number of thioether (sulfide) groups is 1. The number of furan rings is 1. The van der Waals surface area contributed by atoms with E-state index in [0.29, 0.717) is 23.3 Å². The molecule has 7 nitrogen and oxygen atoms in total. The number of carbonyl (C=O) groups is 1. The van der Waals surface area contributed by atoms with Gasteiger partial charge in [-0.2, -0.15) is 0 Å². The molecule has 0 fully saturated rings. The highest BCUT2D eigenvalue weighted by atomic mass is 32.2. The van der Waals surface area contributed by atoms with Crippen molar-refractivity contribution in [1.82, 2.24) is 14.9 Å². The van der Waals surface area contributed by atoms with Gasteiger partial charge in [-0.25, -0.2) is 4.68 Å². The first-order valence-corrected chi connectivity index (χ1v) is 8.83. The second-order valence-corrected chi connectivity index (χ2v) is 6.27. The first-order valence-electron chi connectivity index (χ1n) is 7.85. The Balaban J connectivity index is 1.70. The molecule has 0 atom stereocenters. The molecule has 0 aliphatic rings. The summed E-state index contributed by atoms with van der Waals surface area (Å²) in [6.07, 6.45) is 1.58. The fourth-order valence-electron chi connectivity index (χ4n) is 2.49. The lowest BCUT2D eigenvalue weighted by Gasteiger charge is -2.20. The summed E-state index contributed by atoms with van der Waals surface area (Å²) in [4.78, 5) is 14.3. The molecule has 25 heavy (non-hydrogen) atoms. The van der Waals surface area contributed by atoms with Gasteiger partial charge in [0.2, 0.25) is 11.1 Å². The van der Waals surface area contributed by atoms with Crippen molar-refractivity contribution in [2.75, 3.05) is 23.0 Å². The van der Waals surface area contributed by atoms with E-state index < -0.39 is 0 Å². The van der Waals surface area contributed by atoms with Gasteiger partial charge in [-0.15, -0.1) is 10.2 Å². The van der Waals surface area contributed by atoms with Gasteiger partial charge in [0.15, 0.2) is 5.82 Å². The first-order chi connectivity index (χ1) is 12.1. The maximum atomic E-state index is 12.5. The molecule has 2 N–H and O–H groups in total. The highest BCUT2D eigenvalue weighted by Crippen LogP contribution is 2.25. The van der Waals surface area contributed by atoms with Gasteiger partial charge in [0, 0.05) is 12.2 Å². The van der Waals surface area contributed by atoms with Crippen molar-refractivity contribution in [2.45, 2.75) is 19.0 Å². The third kappa shape index (κ3) is 3.53. The SMILES string of the molecule is CCN(C(=O)CSc1nnc(-c2ccoc2C)n1N)c1ccccc1. The van der Waals surface area contributed by atoms with E-state index in [0.717, 1.165) is 11.3 Å². The molecule has 3 rings (SSSR count). The van der Waals surface area contributed by atoms with Gasteiger partial charge in [0.25, 0.3) is 0 Å². The van der Waals surface area contributed by atoms with E-state index in [-0.39, 0.29) is 11.7 Å². The topological polar surface area (TPSA) is 90.2 Å². The molecular weight excluding hydrogens is 338 g/mol. The summed E-state index contributed by atoms with van der Waals surface area (Å²) in [5.41, 5.74) is 1.66. The van der Waals surface area contributed by atoms with E-state index in [2.05, 4.69) is 10.2 Å². The second kappa shape index (κ2) is 7.43. The molecule has 0 radical (unpaired) electrons. The van der Waals surface area contributed by atoms with Gasteiger partial charge in [-0.3, -0.25) is 4.79 Å². The van der Waals surface area contributed by atoms with Gasteiger partial charge in [0.05, 0.1) is 17.6 Å². The van der Waals surface area contributed by atoms with Crippen LogP contribution in [0.1, 0.15) is 12.7 Å². The molecule has 8 heteroatoms. The van der Waals surface area contributed by atoms with Crippen LogP contribution in [0.2, 0.25) is 0 Å². The smallest absolute Gasteiger partial charge is 0.237 e. The monoisotopic (exact) mass is 357 g/mol. The van der Waals surface area contributed by atoms with Crippen molar-refractivity contribution in [1.29, 1.82) is 0 Å². The normalized spacial score (nSPS) is 10.8. The van der Waals surface area contributed by atoms with Crippen LogP contribution in [0.3, 0.4) is 0 Å². The third-order valence-corrected chi connectivity index (χ3v) is 4.70. The molecule has 0 aliphatic heterocycles. The summed E-state index contributed by atoms with van der Waals surface area (Å²) in [5, 5.41) is 8.66. The predicted molar refractivity (Wildman–Crippen MR) is 97.8 cm³/mol. The molecule has 0 unspecified atom stereocenters. The number of para-hydroxylation sites is 1. The zero-order valence-corrected chi connectivity index (χ0v) is 14.9. The van der Waals surface area contributed by atoms with Crippen LogP contribution < -0.4 is 10.7 Å². The van der Waals surface area contributed by atoms with Crippen LogP contribution in [0, 0.1) is 6.92 Å². The van der Waals surface area contributed by atoms with Gasteiger partial charge in [-0.05, 0) is 32.0 Å². The van der Waals surface area contributed by atoms with Crippen LogP contribution in [0.5, 0.6) is 0 Å². The number of carbonyl (C=O) groups excluding carboxylic acids is 1. The minimum Gasteiger partial charge on any atom is -0.469 e. The molecule has 2 heterocycles. The Morgan fingerprint density at radius 2 is 2.04 bits per heavy atom. The molecular formula is C17H19N5O2S. The Kier molecular flexibility index (Phi) is 5.08. The van der Waals surface area contributed by atoms with Crippen molar-refractivity contribution >= 4 is 23.4 Å². The van der Waals surface area contributed by atoms with Crippen molar-refractivity contribution in [3.05, 3.63) is 48.4 Å². The Bertz CT molecular complexity index is 859. The number of hydrogen-bond donors (Lipinski definition) is 1. The third-order valence-electron chi connectivity index (χ3n) is 3.77. The Morgan fingerprint density at radius 3 is 2.68 bits per heavy atom. The molecule has 0 saturated heterocycles. The lowest BCUT2D eigenvalue weighted by molar-refractivity contribution is -0.116. The Hall–Kier alpha value is -2.74. The van der Waals surface area contributed by atoms with E-state index in [1.54, 1.807) is 17.2 Å². The number of aromatic nitrogens is 3. The predicted octanol–water partition coefficient (Wildman–Crippen LogP) is 2.71. The van der Waals surface area contributed by atoms with E-state index in [1.165, 1.54) is 16.4 Å². The van der Waals surface area contributed by atoms with Crippen LogP contribution in [-0.4, -0.2) is 33.1 Å². The zero-order valence-electron chi connectivity index (χ0n) is 14.0. The van der Waals surface area contributed by atoms with Crippen LogP contribution >= 0.6 is 11.8 Å². The minimum absolute atomic E-state index is 0.0114. The van der Waals surface area contributed by atoms with Crippen molar-refractivity contribution in [3.8, 4) is 11.4 Å². The van der Waals surface area contributed by atoms with E-state index >= 15 is 0 Å². The molecule has 130 valence electrons. The molecule has 0 bridgehead atoms. The molecule has 1 amide bonds. The number of nitrogens with two attached hydrogens (primary N) is 1. The van der Waals surface area contributed by atoms with E-state index in [1.807, 2.05) is 44.2 Å². The Labute approximate surface area is 149 Å². The summed E-state index contributed by atoms with van der Waals surface area (Å²) in [5.74, 6) is 7.51. The number of nitrogens with zero attached hydrogens (tertiary/aromatic N) is 4. The average molecular weight is 357 g/mol. The second-order valence-electron chi connectivity index (χ2n) is 5.33. The molecule has 0 saturated carbocycles. The summed E-state index contributed by atoms with van der Waals surface area (Å²) < 4.78 is 6.66. The number of hydrogen-bond acceptors (Lipinski definition) is 6. The number of nitrogen functional groups attached to an aromatic ring is 1. The largest absolute Gasteiger partial charge is 0.469 e. The molecule has 0 aliphatic carbocycles. The first kappa shape index (κ1) is 17.1. The molecule has 0 spiro atoms. The van der Waals surface area contributed by atoms with Gasteiger partial charge in [-0.1, -0.05) is 30.0 Å². The number of anilines is 1. The standard InChI is InChI=1S/C17H19N5O2S/c1-3-21(13-7-5-4-6-8-13)15(23)11-25-17-20-19-16(22(17)18)14-9-10-24-12(14)2/h4-10H,3,11,18H2,1-2H3. The molecule has 2 aromatic heterocycles. The lowest BCUT2D eigenvalue weighted by Crippen LogP contribution is -2.32. The van der Waals surface area contributed by atoms with Gasteiger partial charge in [0.1, 0.15) is 5.76 Å². The summed E-state index contributed by atoms with van der Waals surface area (Å²) in [6.45, 7) is 4.37. The molecule has 1 aromatic carbocycles. The summed E-state index contributed by atoms with van der Waals surface area (Å²) in [6, 6.07) is 11.4. The fourth-order valence-corrected chi connectivity index (χ4v) is 3.22. The number of rotatable bonds is 6. The van der Waals surface area contributed by atoms with E-state index in [9.17, 15) is 4.79 Å². The Morgan fingerprint density at radius 1 is 1.28 bits per heavy atom. The van der Waals surface area contributed by atoms with Crippen LogP contribution in [-0.2, 0) is 4.79 Å². The highest BCUT2D eigenvalue weighted by Gasteiger charge is 2.19. The fraction of sp³-hybridized carbons (Fsp3) is 0.235. The van der Waals surface area contributed by atoms with Crippen LogP contribution in [0.25, 0.3) is 11.4 Å². The molecule has 3 aromatic rings. The average Bonchev–Trinajstić information content (AvgIpc) is 3.20.